The van der Waals surface area contributed by atoms with Crippen molar-refractivity contribution in [3.05, 3.63) is 65.7 Å². The highest BCUT2D eigenvalue weighted by Gasteiger charge is 2.27. The second kappa shape index (κ2) is 7.94. The van der Waals surface area contributed by atoms with Crippen LogP contribution in [0.5, 0.6) is 0 Å². The van der Waals surface area contributed by atoms with Gasteiger partial charge in [0, 0.05) is 24.3 Å². The summed E-state index contributed by atoms with van der Waals surface area (Å²) in [4.78, 5) is 26.5. The number of morpholine rings is 1. The Kier molecular flexibility index (Phi) is 5.46. The van der Waals surface area contributed by atoms with Crippen LogP contribution in [0.4, 0.5) is 5.69 Å². The predicted octanol–water partition coefficient (Wildman–Crippen LogP) is 2.90. The van der Waals surface area contributed by atoms with Gasteiger partial charge < -0.3 is 15.0 Å². The molecule has 1 aliphatic rings. The van der Waals surface area contributed by atoms with Crippen LogP contribution in [0.3, 0.4) is 0 Å². The highest BCUT2D eigenvalue weighted by molar-refractivity contribution is 5.95. The maximum Gasteiger partial charge on any atom is 0.249 e. The third-order valence-electron chi connectivity index (χ3n) is 4.28. The summed E-state index contributed by atoms with van der Waals surface area (Å²) >= 11 is 0. The van der Waals surface area contributed by atoms with E-state index in [1.54, 1.807) is 12.1 Å². The van der Waals surface area contributed by atoms with Crippen molar-refractivity contribution in [1.29, 1.82) is 0 Å². The van der Waals surface area contributed by atoms with E-state index in [1.165, 1.54) is 6.92 Å². The predicted molar refractivity (Wildman–Crippen MR) is 96.7 cm³/mol. The Labute approximate surface area is 147 Å². The Hall–Kier alpha value is -2.66. The van der Waals surface area contributed by atoms with Gasteiger partial charge >= 0.3 is 0 Å². The van der Waals surface area contributed by atoms with Crippen LogP contribution in [-0.2, 0) is 9.53 Å². The quantitative estimate of drug-likeness (QED) is 0.852. The number of hydrogen-bond donors (Lipinski definition) is 1. The molecule has 130 valence electrons. The summed E-state index contributed by atoms with van der Waals surface area (Å²) in [7, 11) is 0. The smallest absolute Gasteiger partial charge is 0.249 e. The zero-order valence-corrected chi connectivity index (χ0v) is 14.3. The van der Waals surface area contributed by atoms with Crippen molar-refractivity contribution in [3.8, 4) is 0 Å². The molecule has 3 rings (SSSR count). The van der Waals surface area contributed by atoms with Crippen LogP contribution < -0.4 is 5.32 Å². The molecule has 2 aromatic rings. The Balaban J connectivity index is 1.87. The maximum atomic E-state index is 13.1. The van der Waals surface area contributed by atoms with E-state index in [4.69, 9.17) is 4.74 Å². The first kappa shape index (κ1) is 17.2. The number of ketones is 1. The molecule has 0 bridgehead atoms. The van der Waals surface area contributed by atoms with Gasteiger partial charge in [-0.05, 0) is 24.6 Å². The van der Waals surface area contributed by atoms with E-state index in [-0.39, 0.29) is 11.7 Å². The second-order valence-electron chi connectivity index (χ2n) is 6.06. The van der Waals surface area contributed by atoms with Gasteiger partial charge in [0.15, 0.2) is 5.78 Å². The number of Topliss-reactive ketones (excluding diaryl/α,β-unsaturated/α-hetero) is 1. The molecule has 0 saturated carbocycles. The van der Waals surface area contributed by atoms with E-state index >= 15 is 0 Å². The highest BCUT2D eigenvalue weighted by Crippen LogP contribution is 2.23. The average Bonchev–Trinajstić information content (AvgIpc) is 2.67. The zero-order valence-electron chi connectivity index (χ0n) is 14.3. The minimum atomic E-state index is -0.499. The molecule has 1 aliphatic heterocycles. The largest absolute Gasteiger partial charge is 0.378 e. The monoisotopic (exact) mass is 338 g/mol. The summed E-state index contributed by atoms with van der Waals surface area (Å²) in [6.45, 7) is 3.85. The van der Waals surface area contributed by atoms with Crippen molar-refractivity contribution in [2.75, 3.05) is 31.6 Å². The van der Waals surface area contributed by atoms with Gasteiger partial charge in [0.25, 0.3) is 0 Å². The lowest BCUT2D eigenvalue weighted by atomic mass is 10.0. The number of hydrogen-bond acceptors (Lipinski definition) is 4. The van der Waals surface area contributed by atoms with E-state index in [9.17, 15) is 9.59 Å². The van der Waals surface area contributed by atoms with Gasteiger partial charge in [0.1, 0.15) is 6.04 Å². The van der Waals surface area contributed by atoms with Gasteiger partial charge in [-0.15, -0.1) is 0 Å². The van der Waals surface area contributed by atoms with Gasteiger partial charge in [0.05, 0.1) is 13.2 Å². The number of carbonyl (C=O) groups is 2. The van der Waals surface area contributed by atoms with Gasteiger partial charge in [-0.2, -0.15) is 0 Å². The average molecular weight is 338 g/mol. The van der Waals surface area contributed by atoms with Gasteiger partial charge in [-0.25, -0.2) is 0 Å². The van der Waals surface area contributed by atoms with Crippen LogP contribution in [0.2, 0.25) is 0 Å². The number of rotatable bonds is 5. The number of ether oxygens (including phenoxy) is 1. The molecule has 1 N–H and O–H groups in total. The number of nitrogens with zero attached hydrogens (tertiary/aromatic N) is 1. The third kappa shape index (κ3) is 4.25. The Morgan fingerprint density at radius 1 is 1.04 bits per heavy atom. The van der Waals surface area contributed by atoms with E-state index in [0.717, 1.165) is 11.3 Å². The molecule has 0 aromatic heterocycles. The molecule has 0 aliphatic carbocycles. The number of amides is 1. The molecule has 25 heavy (non-hydrogen) atoms. The second-order valence-corrected chi connectivity index (χ2v) is 6.06. The van der Waals surface area contributed by atoms with Gasteiger partial charge in [0.2, 0.25) is 5.91 Å². The lowest BCUT2D eigenvalue weighted by molar-refractivity contribution is -0.136. The molecular weight excluding hydrogens is 316 g/mol. The Morgan fingerprint density at radius 2 is 1.76 bits per heavy atom. The maximum absolute atomic E-state index is 13.1. The fourth-order valence-electron chi connectivity index (χ4n) is 2.89. The van der Waals surface area contributed by atoms with Gasteiger partial charge in [-0.3, -0.25) is 9.59 Å². The third-order valence-corrected chi connectivity index (χ3v) is 4.28. The molecule has 0 radical (unpaired) electrons. The summed E-state index contributed by atoms with van der Waals surface area (Å²) < 4.78 is 5.34. The van der Waals surface area contributed by atoms with E-state index in [0.29, 0.717) is 31.9 Å². The van der Waals surface area contributed by atoms with Gasteiger partial charge in [-0.1, -0.05) is 42.5 Å². The van der Waals surface area contributed by atoms with Crippen LogP contribution in [0, 0.1) is 0 Å². The normalized spacial score (nSPS) is 15.5. The van der Waals surface area contributed by atoms with Crippen molar-refractivity contribution >= 4 is 17.4 Å². The number of benzene rings is 2. The van der Waals surface area contributed by atoms with Crippen LogP contribution in [0.15, 0.2) is 54.6 Å². The topological polar surface area (TPSA) is 58.6 Å². The first-order valence-electron chi connectivity index (χ1n) is 8.44. The summed E-state index contributed by atoms with van der Waals surface area (Å²) in [5.41, 5.74) is 2.27. The summed E-state index contributed by atoms with van der Waals surface area (Å²) in [5.74, 6) is 0.0159. The fourth-order valence-corrected chi connectivity index (χ4v) is 2.89. The highest BCUT2D eigenvalue weighted by atomic mass is 16.5. The van der Waals surface area contributed by atoms with Crippen LogP contribution in [0.1, 0.15) is 28.9 Å². The number of nitrogens with one attached hydrogen (secondary N) is 1. The molecule has 5 heteroatoms. The zero-order chi connectivity index (χ0) is 17.6. The van der Waals surface area contributed by atoms with Crippen molar-refractivity contribution in [2.24, 2.45) is 0 Å². The van der Waals surface area contributed by atoms with E-state index in [1.807, 2.05) is 47.4 Å². The molecule has 1 amide bonds. The minimum absolute atomic E-state index is 0.000540. The van der Waals surface area contributed by atoms with Crippen molar-refractivity contribution in [3.63, 3.8) is 0 Å². The first-order chi connectivity index (χ1) is 12.1. The fraction of sp³-hybridized carbons (Fsp3) is 0.300. The number of anilines is 1. The molecule has 1 unspecified atom stereocenters. The van der Waals surface area contributed by atoms with Crippen LogP contribution in [0.25, 0.3) is 0 Å². The van der Waals surface area contributed by atoms with Crippen molar-refractivity contribution < 1.29 is 14.3 Å². The molecule has 1 fully saturated rings. The van der Waals surface area contributed by atoms with E-state index in [2.05, 4.69) is 5.32 Å². The number of carbonyl (C=O) groups excluding carboxylic acids is 2. The van der Waals surface area contributed by atoms with E-state index < -0.39 is 6.04 Å². The first-order valence-corrected chi connectivity index (χ1v) is 8.44. The molecule has 1 atom stereocenters. The Morgan fingerprint density at radius 3 is 2.44 bits per heavy atom. The molecule has 1 saturated heterocycles. The van der Waals surface area contributed by atoms with Crippen LogP contribution in [-0.4, -0.2) is 42.9 Å². The summed E-state index contributed by atoms with van der Waals surface area (Å²) in [5, 5.41) is 3.30. The molecule has 5 nitrogen and oxygen atoms in total. The Bertz CT molecular complexity index is 740. The minimum Gasteiger partial charge on any atom is -0.378 e. The van der Waals surface area contributed by atoms with Crippen LogP contribution >= 0.6 is 0 Å². The summed E-state index contributed by atoms with van der Waals surface area (Å²) in [6.07, 6.45) is 0. The van der Waals surface area contributed by atoms with Crippen molar-refractivity contribution in [2.45, 2.75) is 13.0 Å². The summed E-state index contributed by atoms with van der Waals surface area (Å²) in [6, 6.07) is 16.4. The lowest BCUT2D eigenvalue weighted by Gasteiger charge is -2.31. The lowest BCUT2D eigenvalue weighted by Crippen LogP contribution is -2.44. The SMILES string of the molecule is CC(=O)c1cccc(NC(C(=O)N2CCOCC2)c2ccccc2)c1. The molecule has 2 aromatic carbocycles. The molecular formula is C20H22N2O3. The molecule has 0 spiro atoms. The molecule has 1 heterocycles. The van der Waals surface area contributed by atoms with Crippen molar-refractivity contribution in [1.82, 2.24) is 4.90 Å². The standard InChI is InChI=1S/C20H22N2O3/c1-15(23)17-8-5-9-18(14-17)21-19(16-6-3-2-4-7-16)20(24)22-10-12-25-13-11-22/h2-9,14,19,21H,10-13H2,1H3.